The van der Waals surface area contributed by atoms with Gasteiger partial charge in [-0.05, 0) is 67.4 Å². The topological polar surface area (TPSA) is 86.8 Å². The van der Waals surface area contributed by atoms with Gasteiger partial charge in [0.1, 0.15) is 12.6 Å². The highest BCUT2D eigenvalue weighted by Gasteiger charge is 2.33. The number of likely N-dealkylation sites (N-methyl/N-ethyl adjacent to an activating group) is 1. The second-order valence-corrected chi connectivity index (χ2v) is 11.4. The molecule has 0 aromatic heterocycles. The number of carbonyl (C=O) groups excluding carboxylic acids is 2. The fraction of sp³-hybridized carbons (Fsp3) is 0.231. The zero-order valence-corrected chi connectivity index (χ0v) is 23.5. The predicted molar refractivity (Wildman–Crippen MR) is 148 cm³/mol. The van der Waals surface area contributed by atoms with Crippen molar-refractivity contribution < 1.29 is 18.0 Å². The van der Waals surface area contributed by atoms with Crippen molar-refractivity contribution in [1.29, 1.82) is 0 Å². The first-order valence-electron chi connectivity index (χ1n) is 11.2. The first kappa shape index (κ1) is 28.8. The molecule has 3 aromatic carbocycles. The number of hydrogen-bond donors (Lipinski definition) is 1. The molecule has 0 aliphatic carbocycles. The summed E-state index contributed by atoms with van der Waals surface area (Å²) in [4.78, 5) is 27.6. The van der Waals surface area contributed by atoms with Gasteiger partial charge in [-0.2, -0.15) is 0 Å². The van der Waals surface area contributed by atoms with Gasteiger partial charge in [0.2, 0.25) is 11.8 Å². The number of amides is 2. The molecule has 37 heavy (non-hydrogen) atoms. The number of benzene rings is 3. The highest BCUT2D eigenvalue weighted by atomic mass is 35.5. The Morgan fingerprint density at radius 1 is 0.946 bits per heavy atom. The van der Waals surface area contributed by atoms with Gasteiger partial charge in [0.15, 0.2) is 0 Å². The molecule has 11 heteroatoms. The van der Waals surface area contributed by atoms with Crippen molar-refractivity contribution in [3.05, 3.63) is 92.9 Å². The Bertz CT molecular complexity index is 1400. The average molecular weight is 583 g/mol. The van der Waals surface area contributed by atoms with Crippen LogP contribution in [-0.4, -0.2) is 44.8 Å². The Kier molecular flexibility index (Phi) is 9.47. The van der Waals surface area contributed by atoms with Gasteiger partial charge in [0, 0.05) is 18.6 Å². The van der Waals surface area contributed by atoms with Crippen molar-refractivity contribution in [3.63, 3.8) is 0 Å². The SMILES string of the molecule is CNC(=O)[C@H](C)N(Cc1ccc(Cl)c(Cl)c1)C(=O)CN(c1ccc(Cl)cc1C)S(=O)(=O)c1ccccc1. The summed E-state index contributed by atoms with van der Waals surface area (Å²) in [5.74, 6) is -0.996. The Labute approximate surface area is 232 Å². The van der Waals surface area contributed by atoms with Gasteiger partial charge in [-0.15, -0.1) is 0 Å². The summed E-state index contributed by atoms with van der Waals surface area (Å²) in [5, 5.41) is 3.61. The van der Waals surface area contributed by atoms with Crippen molar-refractivity contribution in [2.75, 3.05) is 17.9 Å². The van der Waals surface area contributed by atoms with Crippen LogP contribution in [0.3, 0.4) is 0 Å². The highest BCUT2D eigenvalue weighted by molar-refractivity contribution is 7.92. The van der Waals surface area contributed by atoms with Crippen molar-refractivity contribution in [2.24, 2.45) is 0 Å². The second kappa shape index (κ2) is 12.2. The normalized spacial score (nSPS) is 12.1. The zero-order chi connectivity index (χ0) is 27.3. The molecule has 0 aliphatic heterocycles. The van der Waals surface area contributed by atoms with Crippen LogP contribution in [0, 0.1) is 6.92 Å². The van der Waals surface area contributed by atoms with Gasteiger partial charge in [-0.3, -0.25) is 13.9 Å². The third-order valence-corrected chi connectivity index (χ3v) is 8.54. The number of anilines is 1. The molecule has 0 spiro atoms. The molecular formula is C26H26Cl3N3O4S. The summed E-state index contributed by atoms with van der Waals surface area (Å²) in [6.45, 7) is 2.73. The predicted octanol–water partition coefficient (Wildman–Crippen LogP) is 5.31. The monoisotopic (exact) mass is 581 g/mol. The maximum absolute atomic E-state index is 13.8. The summed E-state index contributed by atoms with van der Waals surface area (Å²) >= 11 is 18.3. The number of nitrogens with zero attached hydrogens (tertiary/aromatic N) is 2. The first-order valence-corrected chi connectivity index (χ1v) is 13.8. The van der Waals surface area contributed by atoms with Crippen LogP contribution in [0.15, 0.2) is 71.6 Å². The van der Waals surface area contributed by atoms with Crippen LogP contribution in [0.5, 0.6) is 0 Å². The lowest BCUT2D eigenvalue weighted by Crippen LogP contribution is -2.50. The minimum atomic E-state index is -4.15. The van der Waals surface area contributed by atoms with E-state index >= 15 is 0 Å². The molecule has 7 nitrogen and oxygen atoms in total. The molecule has 0 aliphatic rings. The summed E-state index contributed by atoms with van der Waals surface area (Å²) < 4.78 is 28.5. The summed E-state index contributed by atoms with van der Waals surface area (Å²) in [5.41, 5.74) is 1.48. The van der Waals surface area contributed by atoms with Gasteiger partial charge in [0.05, 0.1) is 20.6 Å². The lowest BCUT2D eigenvalue weighted by molar-refractivity contribution is -0.139. The van der Waals surface area contributed by atoms with Gasteiger partial charge in [-0.1, -0.05) is 59.1 Å². The standard InChI is InChI=1S/C26H26Cl3N3O4S/c1-17-13-20(27)10-12-24(17)32(37(35,36)21-7-5-4-6-8-21)16-25(33)31(18(2)26(34)30-3)15-19-9-11-22(28)23(29)14-19/h4-14,18H,15-16H2,1-3H3,(H,30,34)/t18-/m0/s1. The number of nitrogens with one attached hydrogen (secondary N) is 1. The van der Waals surface area contributed by atoms with Gasteiger partial charge in [-0.25, -0.2) is 8.42 Å². The van der Waals surface area contributed by atoms with E-state index in [4.69, 9.17) is 34.8 Å². The number of rotatable bonds is 9. The minimum absolute atomic E-state index is 0.00311. The molecule has 3 rings (SSSR count). The fourth-order valence-electron chi connectivity index (χ4n) is 3.76. The number of halogens is 3. The molecule has 3 aromatic rings. The fourth-order valence-corrected chi connectivity index (χ4v) is 5.81. The minimum Gasteiger partial charge on any atom is -0.357 e. The molecule has 0 radical (unpaired) electrons. The van der Waals surface area contributed by atoms with Crippen LogP contribution in [0.4, 0.5) is 5.69 Å². The molecule has 0 saturated heterocycles. The van der Waals surface area contributed by atoms with Crippen LogP contribution in [-0.2, 0) is 26.2 Å². The van der Waals surface area contributed by atoms with E-state index in [1.165, 1.54) is 24.1 Å². The number of carbonyl (C=O) groups is 2. The van der Waals surface area contributed by atoms with E-state index in [1.54, 1.807) is 68.4 Å². The molecule has 0 saturated carbocycles. The molecule has 0 fully saturated rings. The zero-order valence-electron chi connectivity index (χ0n) is 20.4. The van der Waals surface area contributed by atoms with Crippen LogP contribution in [0.1, 0.15) is 18.1 Å². The third-order valence-electron chi connectivity index (χ3n) is 5.79. The van der Waals surface area contributed by atoms with Gasteiger partial charge < -0.3 is 10.2 Å². The summed E-state index contributed by atoms with van der Waals surface area (Å²) in [6.07, 6.45) is 0. The molecule has 1 atom stereocenters. The Morgan fingerprint density at radius 2 is 1.62 bits per heavy atom. The van der Waals surface area contributed by atoms with Gasteiger partial charge >= 0.3 is 0 Å². The molecule has 0 bridgehead atoms. The van der Waals surface area contributed by atoms with E-state index < -0.39 is 34.4 Å². The highest BCUT2D eigenvalue weighted by Crippen LogP contribution is 2.30. The van der Waals surface area contributed by atoms with Crippen molar-refractivity contribution in [3.8, 4) is 0 Å². The largest absolute Gasteiger partial charge is 0.357 e. The Hall–Kier alpha value is -2.78. The third kappa shape index (κ3) is 6.76. The molecule has 2 amide bonds. The first-order chi connectivity index (χ1) is 17.4. The van der Waals surface area contributed by atoms with Crippen LogP contribution in [0.25, 0.3) is 0 Å². The summed E-state index contributed by atoms with van der Waals surface area (Å²) in [6, 6.07) is 16.5. The van der Waals surface area contributed by atoms with Crippen molar-refractivity contribution in [1.82, 2.24) is 10.2 Å². The number of hydrogen-bond acceptors (Lipinski definition) is 4. The van der Waals surface area contributed by atoms with E-state index in [0.29, 0.717) is 31.9 Å². The van der Waals surface area contributed by atoms with E-state index in [0.717, 1.165) is 4.31 Å². The average Bonchev–Trinajstić information content (AvgIpc) is 2.87. The lowest BCUT2D eigenvalue weighted by Gasteiger charge is -2.32. The molecule has 196 valence electrons. The molecular weight excluding hydrogens is 557 g/mol. The van der Waals surface area contributed by atoms with Crippen molar-refractivity contribution in [2.45, 2.75) is 31.3 Å². The van der Waals surface area contributed by atoms with Gasteiger partial charge in [0.25, 0.3) is 10.0 Å². The van der Waals surface area contributed by atoms with E-state index in [1.807, 2.05) is 0 Å². The maximum Gasteiger partial charge on any atom is 0.264 e. The maximum atomic E-state index is 13.8. The second-order valence-electron chi connectivity index (χ2n) is 8.32. The Morgan fingerprint density at radius 3 is 2.22 bits per heavy atom. The van der Waals surface area contributed by atoms with Crippen LogP contribution < -0.4 is 9.62 Å². The van der Waals surface area contributed by atoms with Crippen LogP contribution >= 0.6 is 34.8 Å². The van der Waals surface area contributed by atoms with E-state index in [9.17, 15) is 18.0 Å². The molecule has 0 unspecified atom stereocenters. The van der Waals surface area contributed by atoms with E-state index in [2.05, 4.69) is 5.32 Å². The molecule has 1 N–H and O–H groups in total. The van der Waals surface area contributed by atoms with Crippen LogP contribution in [0.2, 0.25) is 15.1 Å². The summed E-state index contributed by atoms with van der Waals surface area (Å²) in [7, 11) is -2.69. The number of sulfonamides is 1. The smallest absolute Gasteiger partial charge is 0.264 e. The van der Waals surface area contributed by atoms with Crippen molar-refractivity contribution >= 4 is 62.3 Å². The quantitative estimate of drug-likeness (QED) is 0.370. The Balaban J connectivity index is 2.06. The lowest BCUT2D eigenvalue weighted by atomic mass is 10.1. The number of aryl methyl sites for hydroxylation is 1. The molecule has 0 heterocycles. The van der Waals surface area contributed by atoms with E-state index in [-0.39, 0.29) is 11.4 Å².